The van der Waals surface area contributed by atoms with Crippen LogP contribution in [0.25, 0.3) is 0 Å². The van der Waals surface area contributed by atoms with Crippen molar-refractivity contribution in [2.45, 2.75) is 13.3 Å². The molecular weight excluding hydrogens is 307 g/mol. The van der Waals surface area contributed by atoms with E-state index in [1.165, 1.54) is 12.1 Å². The van der Waals surface area contributed by atoms with Gasteiger partial charge in [0.05, 0.1) is 5.71 Å². The molecule has 0 unspecified atom stereocenters. The summed E-state index contributed by atoms with van der Waals surface area (Å²) in [6.07, 6.45) is 0.415. The van der Waals surface area contributed by atoms with Crippen LogP contribution in [0.1, 0.15) is 29.3 Å². The van der Waals surface area contributed by atoms with E-state index in [1.807, 2.05) is 0 Å². The quantitative estimate of drug-likeness (QED) is 0.666. The number of benzene rings is 2. The highest BCUT2D eigenvalue weighted by Crippen LogP contribution is 2.20. The maximum atomic E-state index is 13.3. The summed E-state index contributed by atoms with van der Waals surface area (Å²) >= 11 is 5.76. The minimum absolute atomic E-state index is 0.0947. The number of halogens is 2. The number of hydrogen-bond donors (Lipinski definition) is 2. The second-order valence-electron chi connectivity index (χ2n) is 4.52. The molecule has 0 saturated carbocycles. The van der Waals surface area contributed by atoms with Crippen molar-refractivity contribution in [2.24, 2.45) is 5.10 Å². The fraction of sp³-hybridized carbons (Fsp3) is 0.125. The Balaban J connectivity index is 2.20. The molecule has 2 N–H and O–H groups in total. The minimum atomic E-state index is -0.488. The molecule has 6 heteroatoms. The van der Waals surface area contributed by atoms with E-state index in [-0.39, 0.29) is 11.3 Å². The van der Waals surface area contributed by atoms with E-state index < -0.39 is 11.7 Å². The van der Waals surface area contributed by atoms with Crippen LogP contribution in [0.15, 0.2) is 47.6 Å². The van der Waals surface area contributed by atoms with Crippen LogP contribution in [0.2, 0.25) is 5.02 Å². The lowest BCUT2D eigenvalue weighted by atomic mass is 10.1. The predicted molar refractivity (Wildman–Crippen MR) is 83.8 cm³/mol. The highest BCUT2D eigenvalue weighted by atomic mass is 35.5. The highest BCUT2D eigenvalue weighted by molar-refractivity contribution is 6.30. The maximum Gasteiger partial charge on any atom is 0.271 e. The summed E-state index contributed by atoms with van der Waals surface area (Å²) in [6.45, 7) is 1.79. The van der Waals surface area contributed by atoms with Crippen molar-refractivity contribution in [3.63, 3.8) is 0 Å². The molecule has 1 amide bonds. The van der Waals surface area contributed by atoms with E-state index in [2.05, 4.69) is 10.5 Å². The Morgan fingerprint density at radius 2 is 1.95 bits per heavy atom. The summed E-state index contributed by atoms with van der Waals surface area (Å²) in [4.78, 5) is 12.0. The van der Waals surface area contributed by atoms with Crippen LogP contribution in [0.5, 0.6) is 5.75 Å². The molecule has 0 radical (unpaired) electrons. The van der Waals surface area contributed by atoms with Crippen molar-refractivity contribution in [2.75, 3.05) is 0 Å². The summed E-state index contributed by atoms with van der Waals surface area (Å²) in [7, 11) is 0. The van der Waals surface area contributed by atoms with Gasteiger partial charge in [-0.05, 0) is 48.9 Å². The molecule has 22 heavy (non-hydrogen) atoms. The molecule has 0 fully saturated rings. The van der Waals surface area contributed by atoms with Gasteiger partial charge in [-0.3, -0.25) is 4.79 Å². The van der Waals surface area contributed by atoms with Gasteiger partial charge in [0.15, 0.2) is 0 Å². The molecule has 114 valence electrons. The first-order valence-electron chi connectivity index (χ1n) is 6.62. The van der Waals surface area contributed by atoms with Crippen LogP contribution >= 0.6 is 11.6 Å². The van der Waals surface area contributed by atoms with Gasteiger partial charge in [-0.2, -0.15) is 5.10 Å². The minimum Gasteiger partial charge on any atom is -0.507 e. The first kappa shape index (κ1) is 16.0. The molecule has 2 aromatic rings. The van der Waals surface area contributed by atoms with Gasteiger partial charge in [-0.15, -0.1) is 0 Å². The zero-order valence-corrected chi connectivity index (χ0v) is 12.6. The molecule has 0 saturated heterocycles. The highest BCUT2D eigenvalue weighted by Gasteiger charge is 2.10. The van der Waals surface area contributed by atoms with Crippen LogP contribution in [-0.2, 0) is 0 Å². The fourth-order valence-electron chi connectivity index (χ4n) is 1.85. The number of nitrogens with one attached hydrogen (secondary N) is 1. The first-order chi connectivity index (χ1) is 10.5. The average Bonchev–Trinajstić information content (AvgIpc) is 2.51. The van der Waals surface area contributed by atoms with E-state index in [1.54, 1.807) is 31.2 Å². The standard InChI is InChI=1S/C16H14ClFN2O2/c1-2-14(13-9-12(18)7-8-15(13)21)19-20-16(22)10-3-5-11(17)6-4-10/h3-9,21H,2H2,1H3,(H,20,22)/b19-14+. The fourth-order valence-corrected chi connectivity index (χ4v) is 1.98. The van der Waals surface area contributed by atoms with E-state index in [4.69, 9.17) is 11.6 Å². The number of phenolic OH excluding ortho intramolecular Hbond substituents is 1. The number of rotatable bonds is 4. The molecule has 0 bridgehead atoms. The van der Waals surface area contributed by atoms with Gasteiger partial charge >= 0.3 is 0 Å². The van der Waals surface area contributed by atoms with Crippen molar-refractivity contribution in [1.29, 1.82) is 0 Å². The predicted octanol–water partition coefficient (Wildman–Crippen LogP) is 3.73. The maximum absolute atomic E-state index is 13.3. The second-order valence-corrected chi connectivity index (χ2v) is 4.96. The van der Waals surface area contributed by atoms with Gasteiger partial charge in [-0.25, -0.2) is 9.82 Å². The lowest BCUT2D eigenvalue weighted by molar-refractivity contribution is 0.0955. The third kappa shape index (κ3) is 3.83. The smallest absolute Gasteiger partial charge is 0.271 e. The zero-order chi connectivity index (χ0) is 16.1. The molecule has 2 aromatic carbocycles. The number of hydrazone groups is 1. The van der Waals surface area contributed by atoms with Crippen LogP contribution in [0.3, 0.4) is 0 Å². The number of phenols is 1. The third-order valence-corrected chi connectivity index (χ3v) is 3.26. The molecule has 4 nitrogen and oxygen atoms in total. The summed E-state index contributed by atoms with van der Waals surface area (Å²) in [6, 6.07) is 9.90. The van der Waals surface area contributed by atoms with Gasteiger partial charge < -0.3 is 5.11 Å². The Hall–Kier alpha value is -2.40. The van der Waals surface area contributed by atoms with E-state index >= 15 is 0 Å². The SMILES string of the molecule is CC/C(=N\NC(=O)c1ccc(Cl)cc1)c1cc(F)ccc1O. The van der Waals surface area contributed by atoms with E-state index in [0.717, 1.165) is 6.07 Å². The Morgan fingerprint density at radius 3 is 2.59 bits per heavy atom. The number of nitrogens with zero attached hydrogens (tertiary/aromatic N) is 1. The van der Waals surface area contributed by atoms with Crippen LogP contribution < -0.4 is 5.43 Å². The third-order valence-electron chi connectivity index (χ3n) is 3.00. The van der Waals surface area contributed by atoms with Crippen molar-refractivity contribution < 1.29 is 14.3 Å². The molecule has 0 aromatic heterocycles. The van der Waals surface area contributed by atoms with Crippen LogP contribution in [0.4, 0.5) is 4.39 Å². The molecular formula is C16H14ClFN2O2. The van der Waals surface area contributed by atoms with Gasteiger partial charge in [0.1, 0.15) is 11.6 Å². The molecule has 2 rings (SSSR count). The van der Waals surface area contributed by atoms with Crippen molar-refractivity contribution in [3.8, 4) is 5.75 Å². The number of carbonyl (C=O) groups excluding carboxylic acids is 1. The van der Waals surface area contributed by atoms with Crippen LogP contribution in [-0.4, -0.2) is 16.7 Å². The molecule has 0 heterocycles. The Kier molecular flexibility index (Phi) is 5.12. The van der Waals surface area contributed by atoms with Crippen molar-refractivity contribution >= 4 is 23.2 Å². The summed E-state index contributed by atoms with van der Waals surface area (Å²) < 4.78 is 13.3. The molecule has 0 aliphatic carbocycles. The topological polar surface area (TPSA) is 61.7 Å². The van der Waals surface area contributed by atoms with Gasteiger partial charge in [0, 0.05) is 16.1 Å². The normalized spacial score (nSPS) is 11.3. The Labute approximate surface area is 132 Å². The summed E-state index contributed by atoms with van der Waals surface area (Å²) in [5, 5.41) is 14.3. The van der Waals surface area contributed by atoms with Crippen molar-refractivity contribution in [1.82, 2.24) is 5.43 Å². The number of carbonyl (C=O) groups is 1. The molecule has 0 aliphatic heterocycles. The van der Waals surface area contributed by atoms with E-state index in [9.17, 15) is 14.3 Å². The zero-order valence-electron chi connectivity index (χ0n) is 11.8. The van der Waals surface area contributed by atoms with Gasteiger partial charge in [-0.1, -0.05) is 18.5 Å². The Bertz CT molecular complexity index is 715. The number of aromatic hydroxyl groups is 1. The Morgan fingerprint density at radius 1 is 1.27 bits per heavy atom. The number of hydrogen-bond acceptors (Lipinski definition) is 3. The molecule has 0 aliphatic rings. The van der Waals surface area contributed by atoms with Crippen molar-refractivity contribution in [3.05, 3.63) is 64.4 Å². The number of amides is 1. The van der Waals surface area contributed by atoms with E-state index in [0.29, 0.717) is 22.7 Å². The largest absolute Gasteiger partial charge is 0.507 e. The van der Waals surface area contributed by atoms with Crippen LogP contribution in [0, 0.1) is 5.82 Å². The summed E-state index contributed by atoms with van der Waals surface area (Å²) in [5.74, 6) is -1.00. The van der Waals surface area contributed by atoms with Gasteiger partial charge in [0.2, 0.25) is 0 Å². The average molecular weight is 321 g/mol. The second kappa shape index (κ2) is 7.04. The summed E-state index contributed by atoms with van der Waals surface area (Å²) in [5.41, 5.74) is 3.41. The van der Waals surface area contributed by atoms with Gasteiger partial charge in [0.25, 0.3) is 5.91 Å². The monoisotopic (exact) mass is 320 g/mol. The molecule has 0 spiro atoms. The lowest BCUT2D eigenvalue weighted by Gasteiger charge is -2.07. The lowest BCUT2D eigenvalue weighted by Crippen LogP contribution is -2.20. The first-order valence-corrected chi connectivity index (χ1v) is 7.00. The molecule has 0 atom stereocenters.